The van der Waals surface area contributed by atoms with Gasteiger partial charge in [-0.2, -0.15) is 4.31 Å². The Labute approximate surface area is 199 Å². The summed E-state index contributed by atoms with van der Waals surface area (Å²) in [5.74, 6) is 1.55. The van der Waals surface area contributed by atoms with Gasteiger partial charge in [0.15, 0.2) is 0 Å². The molecule has 10 nitrogen and oxygen atoms in total. The number of ether oxygens (including phenoxy) is 2. The van der Waals surface area contributed by atoms with Gasteiger partial charge < -0.3 is 14.4 Å². The van der Waals surface area contributed by atoms with E-state index < -0.39 is 14.9 Å². The summed E-state index contributed by atoms with van der Waals surface area (Å²) in [5, 5.41) is 11.4. The Morgan fingerprint density at radius 1 is 0.941 bits per heavy atom. The van der Waals surface area contributed by atoms with Gasteiger partial charge in [0.05, 0.1) is 24.8 Å². The van der Waals surface area contributed by atoms with E-state index in [0.29, 0.717) is 51.5 Å². The molecule has 2 fully saturated rings. The molecule has 0 aromatic heterocycles. The van der Waals surface area contributed by atoms with Crippen molar-refractivity contribution in [1.29, 1.82) is 0 Å². The lowest BCUT2D eigenvalue weighted by atomic mass is 10.1. The monoisotopic (exact) mass is 490 g/mol. The van der Waals surface area contributed by atoms with Gasteiger partial charge in [-0.25, -0.2) is 8.42 Å². The number of sulfonamides is 1. The molecular formula is C23H30N4O6S. The predicted molar refractivity (Wildman–Crippen MR) is 128 cm³/mol. The van der Waals surface area contributed by atoms with Gasteiger partial charge in [-0.1, -0.05) is 0 Å². The summed E-state index contributed by atoms with van der Waals surface area (Å²) >= 11 is 0. The van der Waals surface area contributed by atoms with E-state index in [1.807, 2.05) is 23.1 Å². The number of anilines is 1. The van der Waals surface area contributed by atoms with Gasteiger partial charge in [0.25, 0.3) is 5.69 Å². The zero-order chi connectivity index (χ0) is 24.3. The molecule has 0 atom stereocenters. The van der Waals surface area contributed by atoms with E-state index in [0.717, 1.165) is 29.9 Å². The van der Waals surface area contributed by atoms with E-state index in [9.17, 15) is 18.5 Å². The maximum Gasteiger partial charge on any atom is 0.270 e. The van der Waals surface area contributed by atoms with Crippen LogP contribution >= 0.6 is 0 Å². The molecule has 2 aromatic carbocycles. The van der Waals surface area contributed by atoms with Crippen LogP contribution in [0.5, 0.6) is 11.5 Å². The van der Waals surface area contributed by atoms with Crippen LogP contribution in [0.4, 0.5) is 11.4 Å². The molecule has 0 N–H and O–H groups in total. The number of rotatable bonds is 8. The molecule has 2 aliphatic heterocycles. The number of hydrogen-bond donors (Lipinski definition) is 0. The van der Waals surface area contributed by atoms with Crippen LogP contribution < -0.4 is 14.4 Å². The molecule has 34 heavy (non-hydrogen) atoms. The summed E-state index contributed by atoms with van der Waals surface area (Å²) in [7, 11) is -0.544. The van der Waals surface area contributed by atoms with Gasteiger partial charge in [-0.3, -0.25) is 15.0 Å². The molecule has 0 bridgehead atoms. The standard InChI is InChI=1S/C23H30N4O6S/c1-32-20-6-8-22(33-2)18(15-20)17-24-11-13-25(14-12-24)21-7-5-19(27(28)29)16-23(21)34(30,31)26-9-3-4-10-26/h5-8,15-16H,3-4,9-14,17H2,1-2H3. The Balaban J connectivity index is 1.54. The molecule has 184 valence electrons. The van der Waals surface area contributed by atoms with Crippen LogP contribution in [-0.4, -0.2) is 76.0 Å². The normalized spacial score (nSPS) is 17.6. The highest BCUT2D eigenvalue weighted by molar-refractivity contribution is 7.89. The maximum absolute atomic E-state index is 13.3. The van der Waals surface area contributed by atoms with Crippen LogP contribution in [-0.2, 0) is 16.6 Å². The Morgan fingerprint density at radius 3 is 2.26 bits per heavy atom. The van der Waals surface area contributed by atoms with E-state index in [-0.39, 0.29) is 10.6 Å². The van der Waals surface area contributed by atoms with Crippen molar-refractivity contribution in [3.05, 3.63) is 52.1 Å². The van der Waals surface area contributed by atoms with Crippen LogP contribution in [0.15, 0.2) is 41.3 Å². The molecule has 11 heteroatoms. The van der Waals surface area contributed by atoms with Crippen molar-refractivity contribution in [3.8, 4) is 11.5 Å². The Bertz CT molecular complexity index is 1140. The number of hydrogen-bond acceptors (Lipinski definition) is 8. The fraction of sp³-hybridized carbons (Fsp3) is 0.478. The molecule has 4 rings (SSSR count). The van der Waals surface area contributed by atoms with Crippen molar-refractivity contribution in [3.63, 3.8) is 0 Å². The third-order valence-electron chi connectivity index (χ3n) is 6.43. The van der Waals surface area contributed by atoms with Gasteiger partial charge in [-0.15, -0.1) is 0 Å². The Morgan fingerprint density at radius 2 is 1.65 bits per heavy atom. The molecule has 2 saturated heterocycles. The van der Waals surface area contributed by atoms with Crippen molar-refractivity contribution in [2.75, 3.05) is 58.4 Å². The SMILES string of the molecule is COc1ccc(OC)c(CN2CCN(c3ccc([N+](=O)[O-])cc3S(=O)(=O)N3CCCC3)CC2)c1. The Hall–Kier alpha value is -2.89. The van der Waals surface area contributed by atoms with E-state index in [1.165, 1.54) is 16.4 Å². The molecule has 2 aliphatic rings. The van der Waals surface area contributed by atoms with E-state index in [2.05, 4.69) is 4.90 Å². The van der Waals surface area contributed by atoms with Crippen molar-refractivity contribution >= 4 is 21.4 Å². The fourth-order valence-electron chi connectivity index (χ4n) is 4.55. The highest BCUT2D eigenvalue weighted by Crippen LogP contribution is 2.34. The van der Waals surface area contributed by atoms with Crippen LogP contribution in [0, 0.1) is 10.1 Å². The Kier molecular flexibility index (Phi) is 7.24. The largest absolute Gasteiger partial charge is 0.497 e. The molecule has 2 heterocycles. The molecule has 0 unspecified atom stereocenters. The lowest BCUT2D eigenvalue weighted by molar-refractivity contribution is -0.385. The molecule has 2 aromatic rings. The highest BCUT2D eigenvalue weighted by atomic mass is 32.2. The highest BCUT2D eigenvalue weighted by Gasteiger charge is 2.33. The van der Waals surface area contributed by atoms with Gasteiger partial charge >= 0.3 is 0 Å². The number of nitrogens with zero attached hydrogens (tertiary/aromatic N) is 4. The van der Waals surface area contributed by atoms with Gasteiger partial charge in [0, 0.05) is 63.5 Å². The minimum Gasteiger partial charge on any atom is -0.497 e. The zero-order valence-electron chi connectivity index (χ0n) is 19.5. The summed E-state index contributed by atoms with van der Waals surface area (Å²) in [5.41, 5.74) is 1.32. The smallest absolute Gasteiger partial charge is 0.270 e. The average molecular weight is 491 g/mol. The number of non-ortho nitro benzene ring substituents is 1. The van der Waals surface area contributed by atoms with Crippen LogP contribution in [0.3, 0.4) is 0 Å². The molecule has 0 spiro atoms. The molecule has 0 aliphatic carbocycles. The average Bonchev–Trinajstić information content (AvgIpc) is 3.40. The van der Waals surface area contributed by atoms with Crippen molar-refractivity contribution in [2.45, 2.75) is 24.3 Å². The predicted octanol–water partition coefficient (Wildman–Crippen LogP) is 2.72. The minimum atomic E-state index is -3.81. The first-order valence-corrected chi connectivity index (χ1v) is 12.7. The van der Waals surface area contributed by atoms with Crippen LogP contribution in [0.1, 0.15) is 18.4 Å². The minimum absolute atomic E-state index is 0.0199. The lowest BCUT2D eigenvalue weighted by Gasteiger charge is -2.37. The van der Waals surface area contributed by atoms with Crippen molar-refractivity contribution in [1.82, 2.24) is 9.21 Å². The summed E-state index contributed by atoms with van der Waals surface area (Å²) in [6, 6.07) is 9.86. The summed E-state index contributed by atoms with van der Waals surface area (Å²) in [6.45, 7) is 4.19. The number of nitro groups is 1. The number of methoxy groups -OCH3 is 2. The second-order valence-electron chi connectivity index (χ2n) is 8.46. The van der Waals surface area contributed by atoms with E-state index in [4.69, 9.17) is 9.47 Å². The van der Waals surface area contributed by atoms with E-state index >= 15 is 0 Å². The molecule has 0 saturated carbocycles. The summed E-state index contributed by atoms with van der Waals surface area (Å²) in [6.07, 6.45) is 1.60. The quantitative estimate of drug-likeness (QED) is 0.411. The lowest BCUT2D eigenvalue weighted by Crippen LogP contribution is -2.46. The molecular weight excluding hydrogens is 460 g/mol. The first kappa shape index (κ1) is 24.2. The topological polar surface area (TPSA) is 105 Å². The van der Waals surface area contributed by atoms with Crippen LogP contribution in [0.25, 0.3) is 0 Å². The second-order valence-corrected chi connectivity index (χ2v) is 10.4. The van der Waals surface area contributed by atoms with Crippen molar-refractivity contribution in [2.24, 2.45) is 0 Å². The number of nitro benzene ring substituents is 1. The zero-order valence-corrected chi connectivity index (χ0v) is 20.3. The third kappa shape index (κ3) is 4.96. The first-order chi connectivity index (χ1) is 16.3. The molecule has 0 radical (unpaired) electrons. The number of piperazine rings is 1. The van der Waals surface area contributed by atoms with Gasteiger partial charge in [0.1, 0.15) is 16.4 Å². The summed E-state index contributed by atoms with van der Waals surface area (Å²) < 4.78 is 39.0. The van der Waals surface area contributed by atoms with Crippen molar-refractivity contribution < 1.29 is 22.8 Å². The first-order valence-electron chi connectivity index (χ1n) is 11.3. The fourth-order valence-corrected chi connectivity index (χ4v) is 6.29. The second kappa shape index (κ2) is 10.2. The number of benzene rings is 2. The van der Waals surface area contributed by atoms with Gasteiger partial charge in [-0.05, 0) is 37.1 Å². The van der Waals surface area contributed by atoms with E-state index in [1.54, 1.807) is 20.3 Å². The molecule has 0 amide bonds. The maximum atomic E-state index is 13.3. The summed E-state index contributed by atoms with van der Waals surface area (Å²) in [4.78, 5) is 15.1. The van der Waals surface area contributed by atoms with Crippen LogP contribution in [0.2, 0.25) is 0 Å². The van der Waals surface area contributed by atoms with Gasteiger partial charge in [0.2, 0.25) is 10.0 Å². The third-order valence-corrected chi connectivity index (χ3v) is 8.36.